The molecule has 8 nitrogen and oxygen atoms in total. The van der Waals surface area contributed by atoms with Crippen LogP contribution in [0.1, 0.15) is 18.1 Å². The maximum atomic E-state index is 12.1. The molecule has 130 valence electrons. The lowest BCUT2D eigenvalue weighted by Gasteiger charge is -2.15. The van der Waals surface area contributed by atoms with Gasteiger partial charge in [0.25, 0.3) is 11.6 Å². The first-order valence-electron chi connectivity index (χ1n) is 7.51. The second kappa shape index (κ2) is 7.91. The molecule has 0 aliphatic heterocycles. The zero-order valence-electron chi connectivity index (χ0n) is 13.8. The van der Waals surface area contributed by atoms with Gasteiger partial charge in [0.2, 0.25) is 0 Å². The number of phenols is 1. The summed E-state index contributed by atoms with van der Waals surface area (Å²) in [6, 6.07) is 10.6. The van der Waals surface area contributed by atoms with E-state index in [9.17, 15) is 20.0 Å². The van der Waals surface area contributed by atoms with Gasteiger partial charge in [0, 0.05) is 23.4 Å². The molecule has 25 heavy (non-hydrogen) atoms. The van der Waals surface area contributed by atoms with Crippen molar-refractivity contribution in [2.75, 3.05) is 5.32 Å². The van der Waals surface area contributed by atoms with E-state index in [4.69, 9.17) is 0 Å². The van der Waals surface area contributed by atoms with Crippen LogP contribution in [0.4, 0.5) is 11.4 Å². The quantitative estimate of drug-likeness (QED) is 0.424. The first-order valence-corrected chi connectivity index (χ1v) is 7.51. The first-order chi connectivity index (χ1) is 11.9. The number of para-hydroxylation sites is 1. The van der Waals surface area contributed by atoms with Crippen molar-refractivity contribution in [3.8, 4) is 5.75 Å². The van der Waals surface area contributed by atoms with Crippen LogP contribution in [0.2, 0.25) is 0 Å². The third kappa shape index (κ3) is 4.77. The fraction of sp³-hybridized carbons (Fsp3) is 0.176. The molecule has 2 aromatic carbocycles. The van der Waals surface area contributed by atoms with Crippen LogP contribution in [-0.4, -0.2) is 28.2 Å². The van der Waals surface area contributed by atoms with Crippen LogP contribution in [0.15, 0.2) is 47.6 Å². The Labute approximate surface area is 144 Å². The van der Waals surface area contributed by atoms with Gasteiger partial charge in [-0.25, -0.2) is 5.43 Å². The average molecular weight is 342 g/mol. The summed E-state index contributed by atoms with van der Waals surface area (Å²) >= 11 is 0. The Morgan fingerprint density at radius 3 is 2.72 bits per heavy atom. The number of amides is 1. The third-order valence-corrected chi connectivity index (χ3v) is 3.51. The summed E-state index contributed by atoms with van der Waals surface area (Å²) in [5.41, 5.74) is 4.13. The van der Waals surface area contributed by atoms with E-state index in [2.05, 4.69) is 15.8 Å². The molecule has 0 spiro atoms. The van der Waals surface area contributed by atoms with Crippen LogP contribution >= 0.6 is 0 Å². The lowest BCUT2D eigenvalue weighted by atomic mass is 10.2. The molecule has 0 aliphatic rings. The van der Waals surface area contributed by atoms with E-state index in [-0.39, 0.29) is 22.9 Å². The average Bonchev–Trinajstić information content (AvgIpc) is 2.58. The van der Waals surface area contributed by atoms with Crippen LogP contribution in [0.5, 0.6) is 5.75 Å². The monoisotopic (exact) mass is 342 g/mol. The molecule has 0 saturated heterocycles. The Balaban J connectivity index is 1.99. The van der Waals surface area contributed by atoms with E-state index in [1.54, 1.807) is 6.92 Å². The molecule has 8 heteroatoms. The topological polar surface area (TPSA) is 117 Å². The molecule has 0 unspecified atom stereocenters. The van der Waals surface area contributed by atoms with E-state index < -0.39 is 11.0 Å². The minimum Gasteiger partial charge on any atom is -0.507 e. The van der Waals surface area contributed by atoms with Crippen molar-refractivity contribution < 1.29 is 14.8 Å². The summed E-state index contributed by atoms with van der Waals surface area (Å²) in [4.78, 5) is 22.2. The zero-order chi connectivity index (χ0) is 18.4. The van der Waals surface area contributed by atoms with Gasteiger partial charge in [0.05, 0.1) is 11.1 Å². The molecule has 1 amide bonds. The lowest BCUT2D eigenvalue weighted by molar-refractivity contribution is -0.384. The summed E-state index contributed by atoms with van der Waals surface area (Å²) in [6.07, 6.45) is 1.15. The van der Waals surface area contributed by atoms with Gasteiger partial charge in [-0.05, 0) is 31.5 Å². The van der Waals surface area contributed by atoms with Crippen LogP contribution in [-0.2, 0) is 4.79 Å². The number of hydrogen-bond donors (Lipinski definition) is 3. The summed E-state index contributed by atoms with van der Waals surface area (Å²) in [7, 11) is 0. The number of non-ortho nitro benzene ring substituents is 1. The number of nitrogens with one attached hydrogen (secondary N) is 2. The SMILES string of the molecule is Cc1ccccc1N[C@H](C)C(=O)N/N=C\c1cc([N+](=O)[O-])ccc1O. The highest BCUT2D eigenvalue weighted by Crippen LogP contribution is 2.21. The molecule has 1 atom stereocenters. The number of hydrazone groups is 1. The van der Waals surface area contributed by atoms with E-state index in [1.165, 1.54) is 18.2 Å². The molecule has 2 rings (SSSR count). The summed E-state index contributed by atoms with van der Waals surface area (Å²) in [5, 5.41) is 27.2. The molecule has 2 aromatic rings. The van der Waals surface area contributed by atoms with Crippen molar-refractivity contribution >= 4 is 23.5 Å². The van der Waals surface area contributed by atoms with E-state index in [0.29, 0.717) is 0 Å². The number of carbonyl (C=O) groups is 1. The molecule has 0 heterocycles. The van der Waals surface area contributed by atoms with Gasteiger partial charge in [-0.3, -0.25) is 14.9 Å². The minimum atomic E-state index is -0.580. The number of hydrogen-bond acceptors (Lipinski definition) is 6. The first kappa shape index (κ1) is 17.9. The van der Waals surface area contributed by atoms with Gasteiger partial charge < -0.3 is 10.4 Å². The molecular formula is C17H18N4O4. The highest BCUT2D eigenvalue weighted by Gasteiger charge is 2.13. The van der Waals surface area contributed by atoms with E-state index in [0.717, 1.165) is 17.5 Å². The van der Waals surface area contributed by atoms with Crippen molar-refractivity contribution in [3.05, 3.63) is 63.7 Å². The molecule has 3 N–H and O–H groups in total. The highest BCUT2D eigenvalue weighted by atomic mass is 16.6. The van der Waals surface area contributed by atoms with Crippen LogP contribution in [0.3, 0.4) is 0 Å². The second-order valence-corrected chi connectivity index (χ2v) is 5.42. The molecule has 0 radical (unpaired) electrons. The number of phenolic OH excluding ortho intramolecular Hbond substituents is 1. The molecule has 0 saturated carbocycles. The fourth-order valence-corrected chi connectivity index (χ4v) is 2.05. The number of carbonyl (C=O) groups excluding carboxylic acids is 1. The standard InChI is InChI=1S/C17H18N4O4/c1-11-5-3-4-6-15(11)19-12(2)17(23)20-18-10-13-9-14(21(24)25)7-8-16(13)22/h3-10,12,19,22H,1-2H3,(H,20,23)/b18-10-/t12-/m1/s1. The number of anilines is 1. The fourth-order valence-electron chi connectivity index (χ4n) is 2.05. The summed E-state index contributed by atoms with van der Waals surface area (Å²) < 4.78 is 0. The number of rotatable bonds is 6. The zero-order valence-corrected chi connectivity index (χ0v) is 13.8. The van der Waals surface area contributed by atoms with Crippen molar-refractivity contribution in [1.29, 1.82) is 0 Å². The Morgan fingerprint density at radius 2 is 2.04 bits per heavy atom. The predicted octanol–water partition coefficient (Wildman–Crippen LogP) is 2.56. The minimum absolute atomic E-state index is 0.133. The number of aryl methyl sites for hydroxylation is 1. The van der Waals surface area contributed by atoms with Gasteiger partial charge in [-0.2, -0.15) is 5.10 Å². The normalized spacial score (nSPS) is 11.9. The molecule has 0 aromatic heterocycles. The van der Waals surface area contributed by atoms with Crippen LogP contribution < -0.4 is 10.7 Å². The van der Waals surface area contributed by atoms with Crippen LogP contribution in [0, 0.1) is 17.0 Å². The maximum absolute atomic E-state index is 12.1. The van der Waals surface area contributed by atoms with Crippen LogP contribution in [0.25, 0.3) is 0 Å². The van der Waals surface area contributed by atoms with Gasteiger partial charge >= 0.3 is 0 Å². The second-order valence-electron chi connectivity index (χ2n) is 5.42. The van der Waals surface area contributed by atoms with Crippen molar-refractivity contribution in [2.45, 2.75) is 19.9 Å². The Morgan fingerprint density at radius 1 is 1.32 bits per heavy atom. The largest absolute Gasteiger partial charge is 0.507 e. The Hall–Kier alpha value is -3.42. The van der Waals surface area contributed by atoms with Crippen molar-refractivity contribution in [2.24, 2.45) is 5.10 Å². The summed E-state index contributed by atoms with van der Waals surface area (Å²) in [5.74, 6) is -0.556. The number of benzene rings is 2. The van der Waals surface area contributed by atoms with Crippen molar-refractivity contribution in [1.82, 2.24) is 5.43 Å². The number of aromatic hydroxyl groups is 1. The van der Waals surface area contributed by atoms with Gasteiger partial charge in [0.15, 0.2) is 0 Å². The van der Waals surface area contributed by atoms with Gasteiger partial charge in [0.1, 0.15) is 11.8 Å². The van der Waals surface area contributed by atoms with Gasteiger partial charge in [-0.15, -0.1) is 0 Å². The smallest absolute Gasteiger partial charge is 0.270 e. The third-order valence-electron chi connectivity index (χ3n) is 3.51. The number of nitrogens with zero attached hydrogens (tertiary/aromatic N) is 2. The molecule has 0 bridgehead atoms. The maximum Gasteiger partial charge on any atom is 0.270 e. The van der Waals surface area contributed by atoms with Gasteiger partial charge in [-0.1, -0.05) is 18.2 Å². The van der Waals surface area contributed by atoms with Crippen molar-refractivity contribution in [3.63, 3.8) is 0 Å². The van der Waals surface area contributed by atoms with E-state index in [1.807, 2.05) is 31.2 Å². The summed E-state index contributed by atoms with van der Waals surface area (Å²) in [6.45, 7) is 3.61. The predicted molar refractivity (Wildman–Crippen MR) is 94.8 cm³/mol. The molecular weight excluding hydrogens is 324 g/mol. The Bertz CT molecular complexity index is 820. The molecule has 0 fully saturated rings. The Kier molecular flexibility index (Phi) is 5.67. The lowest BCUT2D eigenvalue weighted by Crippen LogP contribution is -2.35. The number of nitro groups is 1. The molecule has 0 aliphatic carbocycles. The number of nitro benzene ring substituents is 1. The van der Waals surface area contributed by atoms with E-state index >= 15 is 0 Å². The highest BCUT2D eigenvalue weighted by molar-refractivity contribution is 5.88.